The number of carbonyl (C=O) groups excluding carboxylic acids is 1. The predicted octanol–water partition coefficient (Wildman–Crippen LogP) is 2.07. The molecule has 2 aromatic rings. The molecule has 1 saturated heterocycles. The van der Waals surface area contributed by atoms with Crippen LogP contribution in [0.2, 0.25) is 0 Å². The Labute approximate surface area is 112 Å². The number of aromatic amines is 1. The first kappa shape index (κ1) is 12.2. The maximum Gasteiger partial charge on any atom is 0.256 e. The molecule has 0 unspecified atom stereocenters. The van der Waals surface area contributed by atoms with E-state index in [9.17, 15) is 9.90 Å². The van der Waals surface area contributed by atoms with E-state index >= 15 is 0 Å². The minimum atomic E-state index is -0.256. The summed E-state index contributed by atoms with van der Waals surface area (Å²) in [4.78, 5) is 17.7. The molecule has 2 heterocycles. The molecule has 4 heteroatoms. The minimum absolute atomic E-state index is 0.0712. The van der Waals surface area contributed by atoms with Gasteiger partial charge in [-0.3, -0.25) is 4.79 Å². The number of hydrogen-bond acceptors (Lipinski definition) is 2. The number of nitrogens with one attached hydrogen (secondary N) is 1. The van der Waals surface area contributed by atoms with E-state index in [0.717, 1.165) is 22.2 Å². The molecule has 0 saturated carbocycles. The van der Waals surface area contributed by atoms with E-state index in [1.54, 1.807) is 0 Å². The molecule has 1 aliphatic heterocycles. The molecule has 1 fully saturated rings. The van der Waals surface area contributed by atoms with Crippen molar-refractivity contribution in [2.45, 2.75) is 25.9 Å². The van der Waals surface area contributed by atoms with Crippen LogP contribution in [0, 0.1) is 6.92 Å². The van der Waals surface area contributed by atoms with Crippen molar-refractivity contribution in [3.8, 4) is 0 Å². The number of fused-ring (bicyclic) bond motifs is 1. The van der Waals surface area contributed by atoms with Crippen LogP contribution in [0.15, 0.2) is 24.3 Å². The van der Waals surface area contributed by atoms with Crippen LogP contribution in [-0.2, 0) is 0 Å². The summed E-state index contributed by atoms with van der Waals surface area (Å²) in [5.74, 6) is 0.0712. The van der Waals surface area contributed by atoms with Gasteiger partial charge in [-0.15, -0.1) is 0 Å². The van der Waals surface area contributed by atoms with Crippen molar-refractivity contribution in [2.24, 2.45) is 0 Å². The van der Waals surface area contributed by atoms with Gasteiger partial charge in [0.2, 0.25) is 0 Å². The summed E-state index contributed by atoms with van der Waals surface area (Å²) in [6.07, 6.45) is 1.09. The third kappa shape index (κ3) is 2.12. The van der Waals surface area contributed by atoms with Gasteiger partial charge in [-0.05, 0) is 25.8 Å². The van der Waals surface area contributed by atoms with Gasteiger partial charge in [-0.2, -0.15) is 0 Å². The number of hydrogen-bond donors (Lipinski definition) is 2. The second kappa shape index (κ2) is 4.70. The van der Waals surface area contributed by atoms with E-state index in [-0.39, 0.29) is 12.0 Å². The summed E-state index contributed by atoms with van der Waals surface area (Å²) in [7, 11) is 0. The average molecular weight is 258 g/mol. The lowest BCUT2D eigenvalue weighted by Gasteiger charge is -2.29. The normalized spacial score (nSPS) is 17.1. The molecule has 3 rings (SSSR count). The van der Waals surface area contributed by atoms with E-state index in [1.807, 2.05) is 36.1 Å². The standard InChI is InChI=1S/C15H18N2O2/c1-10-14(12-4-2-3-5-13(12)16-10)15(19)17-8-6-11(18)7-9-17/h2-5,11,16,18H,6-9H2,1H3. The van der Waals surface area contributed by atoms with Gasteiger partial charge in [-0.25, -0.2) is 0 Å². The Hall–Kier alpha value is -1.81. The molecule has 2 N–H and O–H groups in total. The Morgan fingerprint density at radius 2 is 2.00 bits per heavy atom. The molecular formula is C15H18N2O2. The van der Waals surface area contributed by atoms with E-state index < -0.39 is 0 Å². The molecule has 0 radical (unpaired) electrons. The number of carbonyl (C=O) groups is 1. The molecule has 1 aromatic carbocycles. The zero-order valence-corrected chi connectivity index (χ0v) is 11.0. The van der Waals surface area contributed by atoms with Crippen LogP contribution in [0.25, 0.3) is 10.9 Å². The number of aliphatic hydroxyl groups excluding tert-OH is 1. The number of aromatic nitrogens is 1. The maximum absolute atomic E-state index is 12.6. The zero-order valence-electron chi connectivity index (χ0n) is 11.0. The lowest BCUT2D eigenvalue weighted by molar-refractivity contribution is 0.0547. The fraction of sp³-hybridized carbons (Fsp3) is 0.400. The van der Waals surface area contributed by atoms with Crippen LogP contribution in [0.4, 0.5) is 0 Å². The highest BCUT2D eigenvalue weighted by Gasteiger charge is 2.25. The fourth-order valence-corrected chi connectivity index (χ4v) is 2.78. The Bertz CT molecular complexity index is 610. The van der Waals surface area contributed by atoms with Gasteiger partial charge in [0.1, 0.15) is 0 Å². The van der Waals surface area contributed by atoms with Crippen molar-refractivity contribution in [3.63, 3.8) is 0 Å². The second-order valence-corrected chi connectivity index (χ2v) is 5.19. The number of rotatable bonds is 1. The van der Waals surface area contributed by atoms with Crippen LogP contribution in [0.1, 0.15) is 28.9 Å². The van der Waals surface area contributed by atoms with E-state index in [2.05, 4.69) is 4.98 Å². The highest BCUT2D eigenvalue weighted by atomic mass is 16.3. The summed E-state index contributed by atoms with van der Waals surface area (Å²) in [6, 6.07) is 7.88. The maximum atomic E-state index is 12.6. The predicted molar refractivity (Wildman–Crippen MR) is 74.2 cm³/mol. The van der Waals surface area contributed by atoms with Crippen molar-refractivity contribution in [2.75, 3.05) is 13.1 Å². The number of benzene rings is 1. The number of H-pyrrole nitrogens is 1. The quantitative estimate of drug-likeness (QED) is 0.822. The monoisotopic (exact) mass is 258 g/mol. The average Bonchev–Trinajstić information content (AvgIpc) is 2.74. The number of para-hydroxylation sites is 1. The van der Waals surface area contributed by atoms with Crippen molar-refractivity contribution in [3.05, 3.63) is 35.5 Å². The molecule has 1 amide bonds. The SMILES string of the molecule is Cc1[nH]c2ccccc2c1C(=O)N1CCC(O)CC1. The second-order valence-electron chi connectivity index (χ2n) is 5.19. The fourth-order valence-electron chi connectivity index (χ4n) is 2.78. The van der Waals surface area contributed by atoms with Gasteiger partial charge in [0.15, 0.2) is 0 Å². The Kier molecular flexibility index (Phi) is 3.03. The number of amides is 1. The Morgan fingerprint density at radius 3 is 2.74 bits per heavy atom. The number of nitrogens with zero attached hydrogens (tertiary/aromatic N) is 1. The van der Waals surface area contributed by atoms with E-state index in [1.165, 1.54) is 0 Å². The summed E-state index contributed by atoms with van der Waals surface area (Å²) < 4.78 is 0. The van der Waals surface area contributed by atoms with Gasteiger partial charge >= 0.3 is 0 Å². The minimum Gasteiger partial charge on any atom is -0.393 e. The van der Waals surface area contributed by atoms with Crippen LogP contribution >= 0.6 is 0 Å². The van der Waals surface area contributed by atoms with Crippen LogP contribution in [-0.4, -0.2) is 40.1 Å². The third-order valence-corrected chi connectivity index (χ3v) is 3.86. The summed E-state index contributed by atoms with van der Waals surface area (Å²) in [5.41, 5.74) is 2.68. The van der Waals surface area contributed by atoms with Crippen molar-refractivity contribution in [1.29, 1.82) is 0 Å². The topological polar surface area (TPSA) is 56.3 Å². The number of aryl methyl sites for hydroxylation is 1. The zero-order chi connectivity index (χ0) is 13.4. The van der Waals surface area contributed by atoms with Crippen LogP contribution in [0.3, 0.4) is 0 Å². The summed E-state index contributed by atoms with van der Waals surface area (Å²) in [5, 5.41) is 10.5. The lowest BCUT2D eigenvalue weighted by atomic mass is 10.0. The van der Waals surface area contributed by atoms with Gasteiger partial charge in [0, 0.05) is 29.7 Å². The molecule has 1 aromatic heterocycles. The summed E-state index contributed by atoms with van der Waals surface area (Å²) >= 11 is 0. The number of likely N-dealkylation sites (tertiary alicyclic amines) is 1. The third-order valence-electron chi connectivity index (χ3n) is 3.86. The van der Waals surface area contributed by atoms with E-state index in [0.29, 0.717) is 25.9 Å². The molecule has 0 atom stereocenters. The van der Waals surface area contributed by atoms with E-state index in [4.69, 9.17) is 0 Å². The molecule has 0 aliphatic carbocycles. The van der Waals surface area contributed by atoms with Crippen molar-refractivity contribution < 1.29 is 9.90 Å². The van der Waals surface area contributed by atoms with Gasteiger partial charge < -0.3 is 15.0 Å². The van der Waals surface area contributed by atoms with Gasteiger partial charge in [0.05, 0.1) is 11.7 Å². The Morgan fingerprint density at radius 1 is 1.32 bits per heavy atom. The van der Waals surface area contributed by atoms with Gasteiger partial charge in [0.25, 0.3) is 5.91 Å². The first-order valence-corrected chi connectivity index (χ1v) is 6.71. The molecule has 100 valence electrons. The van der Waals surface area contributed by atoms with Crippen molar-refractivity contribution >= 4 is 16.8 Å². The van der Waals surface area contributed by atoms with Crippen molar-refractivity contribution in [1.82, 2.24) is 9.88 Å². The first-order chi connectivity index (χ1) is 9.16. The highest BCUT2D eigenvalue weighted by Crippen LogP contribution is 2.24. The molecule has 0 spiro atoms. The number of piperidine rings is 1. The molecule has 1 aliphatic rings. The molecule has 19 heavy (non-hydrogen) atoms. The smallest absolute Gasteiger partial charge is 0.256 e. The van der Waals surface area contributed by atoms with Gasteiger partial charge in [-0.1, -0.05) is 18.2 Å². The van der Waals surface area contributed by atoms with Crippen LogP contribution in [0.5, 0.6) is 0 Å². The highest BCUT2D eigenvalue weighted by molar-refractivity contribution is 6.08. The molecular weight excluding hydrogens is 240 g/mol. The van der Waals surface area contributed by atoms with Crippen LogP contribution < -0.4 is 0 Å². The molecule has 0 bridgehead atoms. The number of aliphatic hydroxyl groups is 1. The lowest BCUT2D eigenvalue weighted by Crippen LogP contribution is -2.40. The molecule has 4 nitrogen and oxygen atoms in total. The largest absolute Gasteiger partial charge is 0.393 e. The first-order valence-electron chi connectivity index (χ1n) is 6.71. The Balaban J connectivity index is 1.95. The summed E-state index contributed by atoms with van der Waals surface area (Å²) in [6.45, 7) is 3.21.